The van der Waals surface area contributed by atoms with E-state index in [9.17, 15) is 4.79 Å². The largest absolute Gasteiger partial charge is 0.330 e. The lowest BCUT2D eigenvalue weighted by molar-refractivity contribution is -0.125. The molecule has 2 unspecified atom stereocenters. The summed E-state index contributed by atoms with van der Waals surface area (Å²) in [6.07, 6.45) is 3.87. The maximum Gasteiger partial charge on any atom is 0.228 e. The Morgan fingerprint density at radius 1 is 1.44 bits per heavy atom. The van der Waals surface area contributed by atoms with Crippen molar-refractivity contribution < 1.29 is 4.79 Å². The summed E-state index contributed by atoms with van der Waals surface area (Å²) in [5.41, 5.74) is 2.50. The molecule has 0 radical (unpaired) electrons. The van der Waals surface area contributed by atoms with Crippen molar-refractivity contribution in [2.24, 2.45) is 17.8 Å². The monoisotopic (exact) mass is 285 g/mol. The fourth-order valence-corrected chi connectivity index (χ4v) is 3.83. The molecular formula is C13H20BrNO. The summed E-state index contributed by atoms with van der Waals surface area (Å²) in [5, 5.41) is 3.04. The van der Waals surface area contributed by atoms with E-state index in [1.807, 2.05) is 6.92 Å². The van der Waals surface area contributed by atoms with Crippen LogP contribution in [0.5, 0.6) is 0 Å². The molecule has 2 nitrogen and oxygen atoms in total. The lowest BCUT2D eigenvalue weighted by atomic mass is 9.83. The molecular weight excluding hydrogens is 266 g/mol. The topological polar surface area (TPSA) is 29.1 Å². The number of hydrogen-bond acceptors (Lipinski definition) is 1. The minimum Gasteiger partial charge on any atom is -0.330 e. The van der Waals surface area contributed by atoms with Crippen LogP contribution in [0.1, 0.15) is 40.0 Å². The molecule has 0 saturated heterocycles. The van der Waals surface area contributed by atoms with E-state index in [1.165, 1.54) is 18.4 Å². The van der Waals surface area contributed by atoms with Gasteiger partial charge in [-0.3, -0.25) is 4.79 Å². The highest BCUT2D eigenvalue weighted by Crippen LogP contribution is 2.42. The lowest BCUT2D eigenvalue weighted by Crippen LogP contribution is -2.43. The molecule has 0 spiro atoms. The zero-order chi connectivity index (χ0) is 11.9. The molecule has 1 amide bonds. The van der Waals surface area contributed by atoms with Gasteiger partial charge < -0.3 is 5.32 Å². The maximum absolute atomic E-state index is 11.9. The summed E-state index contributed by atoms with van der Waals surface area (Å²) in [4.78, 5) is 12.2. The average Bonchev–Trinajstić information content (AvgIpc) is 2.94. The molecule has 3 heteroatoms. The maximum atomic E-state index is 11.9. The van der Waals surface area contributed by atoms with Gasteiger partial charge in [-0.15, -0.1) is 0 Å². The summed E-state index contributed by atoms with van der Waals surface area (Å²) in [7, 11) is 0. The third-order valence-corrected chi connectivity index (χ3v) is 4.79. The molecule has 0 bridgehead atoms. The highest BCUT2D eigenvalue weighted by molar-refractivity contribution is 9.09. The zero-order valence-electron chi connectivity index (χ0n) is 10.2. The van der Waals surface area contributed by atoms with E-state index in [0.29, 0.717) is 5.92 Å². The van der Waals surface area contributed by atoms with Crippen molar-refractivity contribution in [3.63, 3.8) is 0 Å². The molecule has 1 aliphatic heterocycles. The molecule has 1 N–H and O–H groups in total. The van der Waals surface area contributed by atoms with Crippen LogP contribution in [-0.2, 0) is 4.79 Å². The Balaban J connectivity index is 2.19. The van der Waals surface area contributed by atoms with Gasteiger partial charge in [0.05, 0.1) is 5.92 Å². The summed E-state index contributed by atoms with van der Waals surface area (Å²) >= 11 is 3.74. The van der Waals surface area contributed by atoms with E-state index in [1.54, 1.807) is 0 Å². The molecule has 1 saturated carbocycles. The van der Waals surface area contributed by atoms with Gasteiger partial charge in [-0.25, -0.2) is 0 Å². The lowest BCUT2D eigenvalue weighted by Gasteiger charge is -2.33. The molecule has 90 valence electrons. The third kappa shape index (κ3) is 2.34. The Kier molecular flexibility index (Phi) is 3.43. The number of rotatable bonds is 3. The number of amides is 1. The molecule has 0 aromatic heterocycles. The summed E-state index contributed by atoms with van der Waals surface area (Å²) in [6.45, 7) is 6.27. The molecule has 16 heavy (non-hydrogen) atoms. The Labute approximate surface area is 106 Å². The minimum absolute atomic E-state index is 0.0810. The first kappa shape index (κ1) is 12.2. The Morgan fingerprint density at radius 2 is 2.06 bits per heavy atom. The van der Waals surface area contributed by atoms with E-state index < -0.39 is 0 Å². The summed E-state index contributed by atoms with van der Waals surface area (Å²) in [6, 6.07) is 0. The standard InChI is InChI=1S/C13H20BrNO/c1-7(2)11-12(14)10(6-9-4-5-9)8(3)15-13(11)16/h7,9,11-12H,4-6H2,1-3H3,(H,15,16). The predicted molar refractivity (Wildman–Crippen MR) is 69.2 cm³/mol. The first-order valence-corrected chi connectivity index (χ1v) is 7.07. The molecule has 1 fully saturated rings. The number of allylic oxidation sites excluding steroid dienone is 2. The van der Waals surface area contributed by atoms with Crippen LogP contribution in [0.4, 0.5) is 0 Å². The van der Waals surface area contributed by atoms with Crippen molar-refractivity contribution in [1.29, 1.82) is 0 Å². The first-order chi connectivity index (χ1) is 7.50. The Hall–Kier alpha value is -0.310. The van der Waals surface area contributed by atoms with E-state index in [0.717, 1.165) is 18.0 Å². The predicted octanol–water partition coefficient (Wildman–Crippen LogP) is 3.23. The van der Waals surface area contributed by atoms with Crippen LogP contribution >= 0.6 is 15.9 Å². The second kappa shape index (κ2) is 4.52. The van der Waals surface area contributed by atoms with E-state index in [-0.39, 0.29) is 16.7 Å². The molecule has 0 aromatic rings. The van der Waals surface area contributed by atoms with Crippen molar-refractivity contribution in [2.45, 2.75) is 44.9 Å². The second-order valence-electron chi connectivity index (χ2n) is 5.46. The quantitative estimate of drug-likeness (QED) is 0.793. The van der Waals surface area contributed by atoms with Gasteiger partial charge in [0.15, 0.2) is 0 Å². The van der Waals surface area contributed by atoms with Crippen LogP contribution in [0.2, 0.25) is 0 Å². The van der Waals surface area contributed by atoms with Crippen LogP contribution < -0.4 is 5.32 Å². The highest BCUT2D eigenvalue weighted by atomic mass is 79.9. The van der Waals surface area contributed by atoms with Crippen molar-refractivity contribution in [2.75, 3.05) is 0 Å². The highest BCUT2D eigenvalue weighted by Gasteiger charge is 2.38. The zero-order valence-corrected chi connectivity index (χ0v) is 11.8. The van der Waals surface area contributed by atoms with Crippen molar-refractivity contribution >= 4 is 21.8 Å². The average molecular weight is 286 g/mol. The van der Waals surface area contributed by atoms with Gasteiger partial charge in [0.2, 0.25) is 5.91 Å². The van der Waals surface area contributed by atoms with Gasteiger partial charge in [-0.1, -0.05) is 29.8 Å². The van der Waals surface area contributed by atoms with Crippen LogP contribution in [0, 0.1) is 17.8 Å². The van der Waals surface area contributed by atoms with Gasteiger partial charge in [-0.2, -0.15) is 0 Å². The van der Waals surface area contributed by atoms with Gasteiger partial charge in [0, 0.05) is 10.5 Å². The number of carbonyl (C=O) groups excluding carboxylic acids is 1. The van der Waals surface area contributed by atoms with Crippen molar-refractivity contribution in [1.82, 2.24) is 5.32 Å². The number of carbonyl (C=O) groups is 1. The van der Waals surface area contributed by atoms with Crippen LogP contribution in [0.25, 0.3) is 0 Å². The van der Waals surface area contributed by atoms with Gasteiger partial charge in [0.25, 0.3) is 0 Å². The fourth-order valence-electron chi connectivity index (χ4n) is 2.44. The van der Waals surface area contributed by atoms with Crippen molar-refractivity contribution in [3.8, 4) is 0 Å². The number of halogens is 1. The van der Waals surface area contributed by atoms with Gasteiger partial charge >= 0.3 is 0 Å². The normalized spacial score (nSPS) is 30.9. The van der Waals surface area contributed by atoms with E-state index >= 15 is 0 Å². The van der Waals surface area contributed by atoms with Crippen LogP contribution in [0.15, 0.2) is 11.3 Å². The molecule has 2 atom stereocenters. The Bertz CT molecular complexity index is 331. The van der Waals surface area contributed by atoms with Crippen LogP contribution in [0.3, 0.4) is 0 Å². The fraction of sp³-hybridized carbons (Fsp3) is 0.769. The summed E-state index contributed by atoms with van der Waals surface area (Å²) in [5.74, 6) is 1.51. The minimum atomic E-state index is 0.0810. The number of alkyl halides is 1. The van der Waals surface area contributed by atoms with Crippen LogP contribution in [-0.4, -0.2) is 10.7 Å². The van der Waals surface area contributed by atoms with E-state index in [4.69, 9.17) is 0 Å². The first-order valence-electron chi connectivity index (χ1n) is 6.15. The molecule has 1 aliphatic carbocycles. The molecule has 1 heterocycles. The molecule has 0 aromatic carbocycles. The van der Waals surface area contributed by atoms with E-state index in [2.05, 4.69) is 35.1 Å². The molecule has 2 rings (SSSR count). The second-order valence-corrected chi connectivity index (χ2v) is 6.45. The summed E-state index contributed by atoms with van der Waals surface area (Å²) < 4.78 is 0. The van der Waals surface area contributed by atoms with Gasteiger partial charge in [0.1, 0.15) is 0 Å². The smallest absolute Gasteiger partial charge is 0.228 e. The van der Waals surface area contributed by atoms with Gasteiger partial charge in [-0.05, 0) is 43.6 Å². The number of nitrogens with one attached hydrogen (secondary N) is 1. The van der Waals surface area contributed by atoms with Crippen molar-refractivity contribution in [3.05, 3.63) is 11.3 Å². The molecule has 2 aliphatic rings. The Morgan fingerprint density at radius 3 is 2.56 bits per heavy atom. The SMILES string of the molecule is CC1=C(CC2CC2)C(Br)C(C(C)C)C(=O)N1. The third-order valence-electron chi connectivity index (χ3n) is 3.67. The number of hydrogen-bond donors (Lipinski definition) is 1.